The summed E-state index contributed by atoms with van der Waals surface area (Å²) in [5, 5.41) is 7.97. The first-order valence-corrected chi connectivity index (χ1v) is 5.45. The second-order valence-electron chi connectivity index (χ2n) is 3.93. The van der Waals surface area contributed by atoms with E-state index in [0.717, 1.165) is 17.0 Å². The van der Waals surface area contributed by atoms with E-state index in [1.165, 1.54) is 5.56 Å². The van der Waals surface area contributed by atoms with Crippen LogP contribution in [0.15, 0.2) is 24.4 Å². The van der Waals surface area contributed by atoms with E-state index in [4.69, 9.17) is 10.5 Å². The molecule has 0 saturated heterocycles. The van der Waals surface area contributed by atoms with E-state index in [0.29, 0.717) is 13.1 Å². The molecule has 0 fully saturated rings. The summed E-state index contributed by atoms with van der Waals surface area (Å²) < 4.78 is 7.08. The first-order valence-electron chi connectivity index (χ1n) is 5.45. The number of nitrogens with two attached hydrogens (primary N) is 1. The van der Waals surface area contributed by atoms with Crippen LogP contribution < -0.4 is 10.5 Å². The van der Waals surface area contributed by atoms with E-state index >= 15 is 0 Å². The van der Waals surface area contributed by atoms with Crippen LogP contribution in [0.3, 0.4) is 0 Å². The molecule has 0 aliphatic heterocycles. The Morgan fingerprint density at radius 3 is 2.88 bits per heavy atom. The predicted octanol–water partition coefficient (Wildman–Crippen LogP) is 1.10. The van der Waals surface area contributed by atoms with E-state index in [1.54, 1.807) is 11.8 Å². The first kappa shape index (κ1) is 11.6. The second kappa shape index (κ2) is 4.97. The Kier molecular flexibility index (Phi) is 3.39. The van der Waals surface area contributed by atoms with Crippen molar-refractivity contribution in [2.75, 3.05) is 7.11 Å². The summed E-state index contributed by atoms with van der Waals surface area (Å²) in [6.07, 6.45) is 1.85. The fraction of sp³-hybridized carbons (Fsp3) is 0.333. The van der Waals surface area contributed by atoms with Crippen molar-refractivity contribution in [3.63, 3.8) is 0 Å². The second-order valence-corrected chi connectivity index (χ2v) is 3.93. The van der Waals surface area contributed by atoms with Crippen molar-refractivity contribution in [1.29, 1.82) is 0 Å². The van der Waals surface area contributed by atoms with Gasteiger partial charge >= 0.3 is 0 Å². The molecule has 0 atom stereocenters. The van der Waals surface area contributed by atoms with Crippen molar-refractivity contribution in [1.82, 2.24) is 15.0 Å². The summed E-state index contributed by atoms with van der Waals surface area (Å²) in [5.41, 5.74) is 8.56. The summed E-state index contributed by atoms with van der Waals surface area (Å²) in [6.45, 7) is 3.10. The van der Waals surface area contributed by atoms with Crippen molar-refractivity contribution in [2.24, 2.45) is 5.73 Å². The molecule has 1 aromatic carbocycles. The average Bonchev–Trinajstić information content (AvgIpc) is 2.77. The molecule has 2 rings (SSSR count). The van der Waals surface area contributed by atoms with Gasteiger partial charge in [-0.05, 0) is 13.0 Å². The highest BCUT2D eigenvalue weighted by atomic mass is 16.5. The molecule has 0 amide bonds. The van der Waals surface area contributed by atoms with E-state index in [1.807, 2.05) is 18.3 Å². The lowest BCUT2D eigenvalue weighted by Crippen LogP contribution is -2.03. The third kappa shape index (κ3) is 2.62. The van der Waals surface area contributed by atoms with Gasteiger partial charge in [-0.3, -0.25) is 0 Å². The van der Waals surface area contributed by atoms with E-state index < -0.39 is 0 Å². The number of methoxy groups -OCH3 is 1. The third-order valence-corrected chi connectivity index (χ3v) is 2.56. The zero-order valence-electron chi connectivity index (χ0n) is 10.1. The lowest BCUT2D eigenvalue weighted by Gasteiger charge is -2.08. The minimum absolute atomic E-state index is 0.408. The quantitative estimate of drug-likeness (QED) is 0.857. The lowest BCUT2D eigenvalue weighted by atomic mass is 10.1. The van der Waals surface area contributed by atoms with Gasteiger partial charge in [-0.2, -0.15) is 0 Å². The minimum atomic E-state index is 0.408. The summed E-state index contributed by atoms with van der Waals surface area (Å²) in [7, 11) is 1.67. The van der Waals surface area contributed by atoms with Crippen molar-refractivity contribution >= 4 is 0 Å². The van der Waals surface area contributed by atoms with Gasteiger partial charge in [0.1, 0.15) is 5.75 Å². The summed E-state index contributed by atoms with van der Waals surface area (Å²) >= 11 is 0. The Morgan fingerprint density at radius 2 is 2.24 bits per heavy atom. The molecule has 1 aromatic heterocycles. The maximum Gasteiger partial charge on any atom is 0.123 e. The zero-order chi connectivity index (χ0) is 12.3. The molecule has 5 heteroatoms. The molecule has 0 saturated carbocycles. The molecule has 1 heterocycles. The van der Waals surface area contributed by atoms with Gasteiger partial charge in [0.25, 0.3) is 0 Å². The van der Waals surface area contributed by atoms with E-state index in [2.05, 4.69) is 23.3 Å². The molecular formula is C12H16N4O. The van der Waals surface area contributed by atoms with Crippen molar-refractivity contribution in [3.8, 4) is 5.75 Å². The smallest absolute Gasteiger partial charge is 0.123 e. The Balaban J connectivity index is 2.25. The maximum absolute atomic E-state index is 5.50. The fourth-order valence-corrected chi connectivity index (χ4v) is 1.71. The molecule has 0 aliphatic carbocycles. The highest BCUT2D eigenvalue weighted by Gasteiger charge is 2.05. The van der Waals surface area contributed by atoms with Gasteiger partial charge in [0.2, 0.25) is 0 Å². The number of nitrogens with zero attached hydrogens (tertiary/aromatic N) is 3. The molecule has 2 N–H and O–H groups in total. The van der Waals surface area contributed by atoms with Gasteiger partial charge in [0.05, 0.1) is 25.5 Å². The Morgan fingerprint density at radius 1 is 1.41 bits per heavy atom. The van der Waals surface area contributed by atoms with Gasteiger partial charge in [-0.15, -0.1) is 5.10 Å². The maximum atomic E-state index is 5.50. The van der Waals surface area contributed by atoms with Gasteiger partial charge in [0.15, 0.2) is 0 Å². The normalized spacial score (nSPS) is 10.5. The zero-order valence-corrected chi connectivity index (χ0v) is 10.1. The van der Waals surface area contributed by atoms with Crippen LogP contribution in [-0.2, 0) is 13.1 Å². The summed E-state index contributed by atoms with van der Waals surface area (Å²) in [5.74, 6) is 0.861. The molecule has 90 valence electrons. The number of aryl methyl sites for hydroxylation is 1. The minimum Gasteiger partial charge on any atom is -0.496 e. The molecular weight excluding hydrogens is 216 g/mol. The van der Waals surface area contributed by atoms with Crippen LogP contribution in [0, 0.1) is 6.92 Å². The average molecular weight is 232 g/mol. The van der Waals surface area contributed by atoms with Crippen LogP contribution >= 0.6 is 0 Å². The predicted molar refractivity (Wildman–Crippen MR) is 64.7 cm³/mol. The van der Waals surface area contributed by atoms with Crippen LogP contribution in [0.4, 0.5) is 0 Å². The number of hydrogen-bond acceptors (Lipinski definition) is 4. The van der Waals surface area contributed by atoms with Crippen LogP contribution in [-0.4, -0.2) is 22.1 Å². The molecule has 2 aromatic rings. The SMILES string of the molecule is COc1ccc(C)cc1Cn1cc(CN)nn1. The van der Waals surface area contributed by atoms with Gasteiger partial charge in [0, 0.05) is 12.1 Å². The standard InChI is InChI=1S/C12H16N4O/c1-9-3-4-12(17-2)10(5-9)7-16-8-11(6-13)14-15-16/h3-5,8H,6-7,13H2,1-2H3. The first-order chi connectivity index (χ1) is 8.22. The Bertz CT molecular complexity index is 507. The highest BCUT2D eigenvalue weighted by Crippen LogP contribution is 2.20. The van der Waals surface area contributed by atoms with Crippen molar-refractivity contribution in [3.05, 3.63) is 41.2 Å². The number of hydrogen-bond donors (Lipinski definition) is 1. The molecule has 0 bridgehead atoms. The molecule has 0 spiro atoms. The van der Waals surface area contributed by atoms with E-state index in [9.17, 15) is 0 Å². The monoisotopic (exact) mass is 232 g/mol. The van der Waals surface area contributed by atoms with Gasteiger partial charge < -0.3 is 10.5 Å². The molecule has 0 unspecified atom stereocenters. The van der Waals surface area contributed by atoms with Crippen molar-refractivity contribution in [2.45, 2.75) is 20.0 Å². The Labute approximate surface area is 100 Å². The largest absolute Gasteiger partial charge is 0.496 e. The molecule has 0 aliphatic rings. The van der Waals surface area contributed by atoms with Crippen molar-refractivity contribution < 1.29 is 4.74 Å². The van der Waals surface area contributed by atoms with Gasteiger partial charge in [-0.25, -0.2) is 4.68 Å². The summed E-state index contributed by atoms with van der Waals surface area (Å²) in [4.78, 5) is 0. The number of benzene rings is 1. The topological polar surface area (TPSA) is 66.0 Å². The molecule has 0 radical (unpaired) electrons. The van der Waals surface area contributed by atoms with Crippen LogP contribution in [0.2, 0.25) is 0 Å². The van der Waals surface area contributed by atoms with E-state index in [-0.39, 0.29) is 0 Å². The van der Waals surface area contributed by atoms with Crippen LogP contribution in [0.25, 0.3) is 0 Å². The van der Waals surface area contributed by atoms with Crippen LogP contribution in [0.5, 0.6) is 5.75 Å². The Hall–Kier alpha value is -1.88. The third-order valence-electron chi connectivity index (χ3n) is 2.56. The fourth-order valence-electron chi connectivity index (χ4n) is 1.71. The summed E-state index contributed by atoms with van der Waals surface area (Å²) in [6, 6.07) is 6.07. The van der Waals surface area contributed by atoms with Crippen LogP contribution in [0.1, 0.15) is 16.8 Å². The number of aromatic nitrogens is 3. The van der Waals surface area contributed by atoms with Gasteiger partial charge in [-0.1, -0.05) is 22.9 Å². The number of ether oxygens (including phenoxy) is 1. The highest BCUT2D eigenvalue weighted by molar-refractivity contribution is 5.36. The number of rotatable bonds is 4. The lowest BCUT2D eigenvalue weighted by molar-refractivity contribution is 0.407. The molecule has 17 heavy (non-hydrogen) atoms. The molecule has 5 nitrogen and oxygen atoms in total.